The fourth-order valence-electron chi connectivity index (χ4n) is 3.77. The van der Waals surface area contributed by atoms with Gasteiger partial charge in [-0.3, -0.25) is 4.79 Å². The normalized spacial score (nSPS) is 13.4. The predicted molar refractivity (Wildman–Crippen MR) is 130 cm³/mol. The highest BCUT2D eigenvalue weighted by Gasteiger charge is 2.31. The number of sulfonamides is 1. The highest BCUT2D eigenvalue weighted by atomic mass is 79.9. The Kier molecular flexibility index (Phi) is 6.72. The topological polar surface area (TPSA) is 57.7 Å². The van der Waals surface area contributed by atoms with E-state index < -0.39 is 10.0 Å². The van der Waals surface area contributed by atoms with E-state index in [9.17, 15) is 13.2 Å². The van der Waals surface area contributed by atoms with Crippen molar-refractivity contribution < 1.29 is 13.2 Å². The molecule has 3 aromatic rings. The average molecular weight is 534 g/mol. The number of amides is 1. The first-order chi connectivity index (χ1) is 15.3. The van der Waals surface area contributed by atoms with Crippen LogP contribution in [0.25, 0.3) is 0 Å². The molecule has 0 bridgehead atoms. The average Bonchev–Trinajstić information content (AvgIpc) is 3.18. The number of hydrogen-bond acceptors (Lipinski definition) is 3. The molecule has 5 nitrogen and oxygen atoms in total. The maximum absolute atomic E-state index is 13.5. The second kappa shape index (κ2) is 9.35. The van der Waals surface area contributed by atoms with Crippen molar-refractivity contribution in [1.82, 2.24) is 4.31 Å². The van der Waals surface area contributed by atoms with E-state index in [-0.39, 0.29) is 23.9 Å². The Labute approximate surface area is 201 Å². The van der Waals surface area contributed by atoms with Gasteiger partial charge >= 0.3 is 0 Å². The number of rotatable bonds is 6. The molecule has 0 fully saturated rings. The number of hydrogen-bond donors (Lipinski definition) is 0. The number of halogens is 2. The molecule has 8 heteroatoms. The zero-order chi connectivity index (χ0) is 22.9. The molecule has 1 aliphatic rings. The van der Waals surface area contributed by atoms with Gasteiger partial charge in [0.2, 0.25) is 15.9 Å². The minimum atomic E-state index is -3.92. The monoisotopic (exact) mass is 532 g/mol. The molecule has 0 radical (unpaired) electrons. The van der Waals surface area contributed by atoms with Crippen LogP contribution in [0.4, 0.5) is 5.69 Å². The molecule has 1 amide bonds. The van der Waals surface area contributed by atoms with Crippen molar-refractivity contribution >= 4 is 49.1 Å². The van der Waals surface area contributed by atoms with E-state index in [1.54, 1.807) is 53.4 Å². The molecule has 1 heterocycles. The summed E-state index contributed by atoms with van der Waals surface area (Å²) in [5.41, 5.74) is 3.48. The van der Waals surface area contributed by atoms with E-state index in [2.05, 4.69) is 15.9 Å². The van der Waals surface area contributed by atoms with E-state index in [1.165, 1.54) is 4.31 Å². The summed E-state index contributed by atoms with van der Waals surface area (Å²) in [5.74, 6) is -0.270. The van der Waals surface area contributed by atoms with E-state index in [1.807, 2.05) is 25.1 Å². The number of anilines is 1. The minimum Gasteiger partial charge on any atom is -0.311 e. The van der Waals surface area contributed by atoms with Crippen molar-refractivity contribution in [2.45, 2.75) is 24.8 Å². The summed E-state index contributed by atoms with van der Waals surface area (Å²) in [4.78, 5) is 15.1. The van der Waals surface area contributed by atoms with Crippen LogP contribution in [0.1, 0.15) is 16.7 Å². The van der Waals surface area contributed by atoms with Gasteiger partial charge in [-0.25, -0.2) is 8.42 Å². The molecule has 166 valence electrons. The van der Waals surface area contributed by atoms with Crippen LogP contribution in [-0.4, -0.2) is 31.7 Å². The maximum Gasteiger partial charge on any atom is 0.243 e. The highest BCUT2D eigenvalue weighted by Crippen LogP contribution is 2.31. The molecular formula is C24H22BrClN2O3S. The first-order valence-electron chi connectivity index (χ1n) is 10.1. The SMILES string of the molecule is Cc1ccc(S(=O)(=O)N(CC(=O)N2CCc3cc(Br)ccc32)Cc2ccccc2Cl)cc1. The van der Waals surface area contributed by atoms with Crippen LogP contribution in [0, 0.1) is 6.92 Å². The van der Waals surface area contributed by atoms with Gasteiger partial charge in [0, 0.05) is 28.3 Å². The van der Waals surface area contributed by atoms with Crippen LogP contribution >= 0.6 is 27.5 Å². The third-order valence-electron chi connectivity index (χ3n) is 5.51. The minimum absolute atomic E-state index is 0.00264. The van der Waals surface area contributed by atoms with Crippen molar-refractivity contribution in [3.05, 3.63) is 92.9 Å². The third-order valence-corrected chi connectivity index (χ3v) is 8.18. The number of fused-ring (bicyclic) bond motifs is 1. The number of carbonyl (C=O) groups excluding carboxylic acids is 1. The van der Waals surface area contributed by atoms with E-state index in [0.29, 0.717) is 17.1 Å². The predicted octanol–water partition coefficient (Wildman–Crippen LogP) is 5.19. The Balaban J connectivity index is 1.66. The summed E-state index contributed by atoms with van der Waals surface area (Å²) < 4.78 is 29.2. The van der Waals surface area contributed by atoms with Gasteiger partial charge in [-0.1, -0.05) is 63.4 Å². The first kappa shape index (κ1) is 23.0. The van der Waals surface area contributed by atoms with Crippen LogP contribution in [-0.2, 0) is 27.8 Å². The molecule has 0 aliphatic carbocycles. The van der Waals surface area contributed by atoms with E-state index in [0.717, 1.165) is 27.7 Å². The summed E-state index contributed by atoms with van der Waals surface area (Å²) in [7, 11) is -3.92. The van der Waals surface area contributed by atoms with Gasteiger partial charge in [0.15, 0.2) is 0 Å². The van der Waals surface area contributed by atoms with E-state index >= 15 is 0 Å². The summed E-state index contributed by atoms with van der Waals surface area (Å²) in [6, 6.07) is 19.5. The number of nitrogens with zero attached hydrogens (tertiary/aromatic N) is 2. The molecule has 32 heavy (non-hydrogen) atoms. The van der Waals surface area contributed by atoms with Crippen molar-refractivity contribution in [2.24, 2.45) is 0 Å². The highest BCUT2D eigenvalue weighted by molar-refractivity contribution is 9.10. The summed E-state index contributed by atoms with van der Waals surface area (Å²) in [6.07, 6.45) is 0.732. The Morgan fingerprint density at radius 3 is 2.53 bits per heavy atom. The van der Waals surface area contributed by atoms with Crippen molar-refractivity contribution in [1.29, 1.82) is 0 Å². The van der Waals surface area contributed by atoms with Gasteiger partial charge < -0.3 is 4.90 Å². The quantitative estimate of drug-likeness (QED) is 0.438. The maximum atomic E-state index is 13.5. The Hall–Kier alpha value is -2.19. The van der Waals surface area contributed by atoms with Gasteiger partial charge in [-0.05, 0) is 60.9 Å². The third kappa shape index (κ3) is 4.76. The molecule has 0 aromatic heterocycles. The molecule has 4 rings (SSSR count). The lowest BCUT2D eigenvalue weighted by Crippen LogP contribution is -2.42. The Morgan fingerprint density at radius 1 is 1.09 bits per heavy atom. The lowest BCUT2D eigenvalue weighted by atomic mass is 10.2. The second-order valence-corrected chi connectivity index (χ2v) is 11.0. The zero-order valence-corrected chi connectivity index (χ0v) is 20.6. The van der Waals surface area contributed by atoms with Gasteiger partial charge in [-0.15, -0.1) is 0 Å². The van der Waals surface area contributed by atoms with Crippen molar-refractivity contribution in [2.75, 3.05) is 18.0 Å². The fourth-order valence-corrected chi connectivity index (χ4v) is 5.74. The van der Waals surface area contributed by atoms with Gasteiger partial charge in [-0.2, -0.15) is 4.31 Å². The van der Waals surface area contributed by atoms with Gasteiger partial charge in [0.05, 0.1) is 11.4 Å². The number of aryl methyl sites for hydroxylation is 1. The molecule has 0 N–H and O–H groups in total. The van der Waals surface area contributed by atoms with Gasteiger partial charge in [0.1, 0.15) is 0 Å². The molecular weight excluding hydrogens is 512 g/mol. The van der Waals surface area contributed by atoms with Crippen LogP contribution < -0.4 is 4.90 Å². The zero-order valence-electron chi connectivity index (χ0n) is 17.5. The second-order valence-electron chi connectivity index (χ2n) is 7.75. The van der Waals surface area contributed by atoms with Crippen LogP contribution in [0.3, 0.4) is 0 Å². The van der Waals surface area contributed by atoms with Crippen LogP contribution in [0.5, 0.6) is 0 Å². The lowest BCUT2D eigenvalue weighted by molar-refractivity contribution is -0.118. The molecule has 0 saturated carbocycles. The molecule has 0 atom stereocenters. The Bertz CT molecular complexity index is 1260. The largest absolute Gasteiger partial charge is 0.311 e. The molecule has 1 aliphatic heterocycles. The summed E-state index contributed by atoms with van der Waals surface area (Å²) in [5, 5.41) is 0.459. The van der Waals surface area contributed by atoms with Crippen molar-refractivity contribution in [3.8, 4) is 0 Å². The molecule has 0 saturated heterocycles. The smallest absolute Gasteiger partial charge is 0.243 e. The molecule has 3 aromatic carbocycles. The van der Waals surface area contributed by atoms with E-state index in [4.69, 9.17) is 11.6 Å². The standard InChI is InChI=1S/C24H22BrClN2O3S/c1-17-6-9-21(10-7-17)32(30,31)27(15-19-4-2-3-5-22(19)26)16-24(29)28-13-12-18-14-20(25)8-11-23(18)28/h2-11,14H,12-13,15-16H2,1H3. The first-order valence-corrected chi connectivity index (χ1v) is 12.8. The van der Waals surface area contributed by atoms with Gasteiger partial charge in [0.25, 0.3) is 0 Å². The summed E-state index contributed by atoms with van der Waals surface area (Å²) >= 11 is 9.77. The van der Waals surface area contributed by atoms with Crippen molar-refractivity contribution in [3.63, 3.8) is 0 Å². The number of carbonyl (C=O) groups is 1. The Morgan fingerprint density at radius 2 is 1.81 bits per heavy atom. The molecule has 0 unspecified atom stereocenters. The lowest BCUT2D eigenvalue weighted by Gasteiger charge is -2.25. The number of benzene rings is 3. The fraction of sp³-hybridized carbons (Fsp3) is 0.208. The van der Waals surface area contributed by atoms with Crippen LogP contribution in [0.15, 0.2) is 76.1 Å². The molecule has 0 spiro atoms. The summed E-state index contributed by atoms with van der Waals surface area (Å²) in [6.45, 7) is 2.14. The van der Waals surface area contributed by atoms with Crippen LogP contribution in [0.2, 0.25) is 5.02 Å².